The summed E-state index contributed by atoms with van der Waals surface area (Å²) in [7, 11) is 0. The summed E-state index contributed by atoms with van der Waals surface area (Å²) >= 11 is 0. The van der Waals surface area contributed by atoms with Gasteiger partial charge in [0.15, 0.2) is 0 Å². The first-order valence-corrected chi connectivity index (χ1v) is 9.61. The molecule has 0 bridgehead atoms. The zero-order valence-corrected chi connectivity index (χ0v) is 27.6. The number of anilines is 1. The van der Waals surface area contributed by atoms with Crippen LogP contribution in [0, 0.1) is 56.2 Å². The van der Waals surface area contributed by atoms with Gasteiger partial charge in [0, 0.05) is 96.8 Å². The zero-order valence-electron chi connectivity index (χ0n) is 17.6. The van der Waals surface area contributed by atoms with Gasteiger partial charge in [0.2, 0.25) is 0 Å². The molecule has 1 saturated heterocycles. The van der Waals surface area contributed by atoms with Crippen molar-refractivity contribution in [1.82, 2.24) is 5.32 Å². The molecule has 2 aliphatic heterocycles. The monoisotopic (exact) mass is 894 g/mol. The number of carbonyl (C=O) groups excluding carboxylic acids is 2. The van der Waals surface area contributed by atoms with Crippen molar-refractivity contribution >= 4 is 17.5 Å². The summed E-state index contributed by atoms with van der Waals surface area (Å²) in [6, 6.07) is 17.8. The molecule has 0 saturated carbocycles. The Morgan fingerprint density at radius 3 is 2.56 bits per heavy atom. The molecule has 1 radical (unpaired) electrons. The van der Waals surface area contributed by atoms with Gasteiger partial charge in [-0.25, -0.2) is 11.8 Å². The molecule has 1 aliphatic carbocycles. The van der Waals surface area contributed by atoms with Crippen molar-refractivity contribution in [3.8, 4) is 0 Å². The summed E-state index contributed by atoms with van der Waals surface area (Å²) in [6.07, 6.45) is 4.64. The number of rotatable bonds is 3. The fraction of sp³-hybridized carbons (Fsp3) is 0.250. The van der Waals surface area contributed by atoms with Crippen LogP contribution in [-0.2, 0) is 74.5 Å². The Labute approximate surface area is 251 Å². The standard InChI is InChI=1S/C24H19N2O3.U.W.Y/c1-14-7-9-17(10-8-14)26-21(11-15(2)24(26)28)29-13-19-22-18-6-4-3-5-16(18)12-20(22)25-23(19)27;;;/h3-6,9-10,13,20-22H,12H2,1-2H3,(H,25,27);;;/q-3;;;/b19-13+;;;. The molecule has 2 amide bonds. The summed E-state index contributed by atoms with van der Waals surface area (Å²) in [5.74, 6) is -0.336. The van der Waals surface area contributed by atoms with Crippen LogP contribution in [0.2, 0.25) is 0 Å². The molecule has 3 unspecified atom stereocenters. The summed E-state index contributed by atoms with van der Waals surface area (Å²) in [5.41, 5.74) is 4.97. The average Bonchev–Trinajstić information content (AvgIpc) is 3.31. The minimum atomic E-state index is -0.733. The SMILES string of the molecule is CC1=[C-]C(O/C=C2/C(=O)NC3Cc4ccccc4C23)N(c2c[c-]c(C)[c-]c2)C1=O.[U].[W].[Y]. The number of nitrogens with zero attached hydrogens (tertiary/aromatic N) is 1. The Kier molecular flexibility index (Phi) is 9.79. The summed E-state index contributed by atoms with van der Waals surface area (Å²) in [6.45, 7) is 3.59. The van der Waals surface area contributed by atoms with Gasteiger partial charge in [-0.2, -0.15) is 5.57 Å². The maximum atomic E-state index is 12.6. The van der Waals surface area contributed by atoms with Crippen LogP contribution in [-0.4, -0.2) is 24.1 Å². The second kappa shape index (κ2) is 11.3. The summed E-state index contributed by atoms with van der Waals surface area (Å²) in [5, 5.41) is 3.05. The van der Waals surface area contributed by atoms with E-state index in [-0.39, 0.29) is 109 Å². The van der Waals surface area contributed by atoms with Crippen molar-refractivity contribution in [2.24, 2.45) is 0 Å². The van der Waals surface area contributed by atoms with Crippen molar-refractivity contribution in [1.29, 1.82) is 0 Å². The normalized spacial score (nSPS) is 23.9. The Hall–Kier alpha value is -0.496. The third kappa shape index (κ3) is 4.96. The molecule has 5 rings (SSSR count). The predicted molar refractivity (Wildman–Crippen MR) is 107 cm³/mol. The van der Waals surface area contributed by atoms with E-state index in [9.17, 15) is 9.59 Å². The van der Waals surface area contributed by atoms with Gasteiger partial charge in [-0.15, -0.1) is 0 Å². The van der Waals surface area contributed by atoms with Crippen LogP contribution in [0.1, 0.15) is 29.5 Å². The number of hydrogen-bond acceptors (Lipinski definition) is 3. The third-order valence-corrected chi connectivity index (χ3v) is 5.74. The van der Waals surface area contributed by atoms with Crippen molar-refractivity contribution < 1.29 is 99.2 Å². The minimum absolute atomic E-state index is 0. The van der Waals surface area contributed by atoms with Crippen molar-refractivity contribution in [3.05, 3.63) is 88.7 Å². The van der Waals surface area contributed by atoms with Gasteiger partial charge in [-0.05, 0) is 17.5 Å². The number of benzene rings is 2. The number of fused-ring (bicyclic) bond motifs is 3. The fourth-order valence-corrected chi connectivity index (χ4v) is 4.30. The zero-order chi connectivity index (χ0) is 20.1. The van der Waals surface area contributed by atoms with Crippen LogP contribution in [0.5, 0.6) is 0 Å². The number of nitrogens with one attached hydrogen (secondary N) is 1. The Balaban J connectivity index is 0.00000121. The molecule has 5 nitrogen and oxygen atoms in total. The predicted octanol–water partition coefficient (Wildman–Crippen LogP) is 2.75. The molecule has 2 aromatic carbocycles. The first-order chi connectivity index (χ1) is 14.0. The molecule has 0 aromatic heterocycles. The average molecular weight is 894 g/mol. The molecule has 0 spiro atoms. The van der Waals surface area contributed by atoms with Crippen LogP contribution in [0.4, 0.5) is 5.69 Å². The first kappa shape index (κ1) is 27.7. The van der Waals surface area contributed by atoms with Crippen molar-refractivity contribution in [3.63, 3.8) is 0 Å². The van der Waals surface area contributed by atoms with E-state index in [0.29, 0.717) is 16.8 Å². The topological polar surface area (TPSA) is 58.6 Å². The number of amides is 2. The molecule has 1 fully saturated rings. The van der Waals surface area contributed by atoms with E-state index in [4.69, 9.17) is 4.74 Å². The molecule has 2 aromatic rings. The van der Waals surface area contributed by atoms with Gasteiger partial charge in [0.1, 0.15) is 0 Å². The fourth-order valence-electron chi connectivity index (χ4n) is 4.30. The Morgan fingerprint density at radius 2 is 1.84 bits per heavy atom. The Bertz CT molecular complexity index is 1090. The summed E-state index contributed by atoms with van der Waals surface area (Å²) < 4.78 is 5.94. The van der Waals surface area contributed by atoms with Crippen molar-refractivity contribution in [2.75, 3.05) is 4.90 Å². The van der Waals surface area contributed by atoms with E-state index < -0.39 is 6.23 Å². The number of ether oxygens (including phenoxy) is 1. The van der Waals surface area contributed by atoms with Gasteiger partial charge in [-0.3, -0.25) is 22.5 Å². The van der Waals surface area contributed by atoms with E-state index >= 15 is 0 Å². The largest absolute Gasteiger partial charge is 0.494 e. The van der Waals surface area contributed by atoms with E-state index in [1.54, 1.807) is 19.1 Å². The first-order valence-electron chi connectivity index (χ1n) is 9.61. The Morgan fingerprint density at radius 1 is 1.16 bits per heavy atom. The second-order valence-electron chi connectivity index (χ2n) is 7.59. The van der Waals surface area contributed by atoms with Gasteiger partial charge < -0.3 is 31.9 Å². The molecular weight excluding hydrogens is 875 g/mol. The van der Waals surface area contributed by atoms with Crippen LogP contribution in [0.15, 0.2) is 53.8 Å². The maximum absolute atomic E-state index is 12.6. The molecule has 2 heterocycles. The second-order valence-corrected chi connectivity index (χ2v) is 7.59. The van der Waals surface area contributed by atoms with Gasteiger partial charge >= 0.3 is 0 Å². The molecule has 32 heavy (non-hydrogen) atoms. The third-order valence-electron chi connectivity index (χ3n) is 5.74. The van der Waals surface area contributed by atoms with Gasteiger partial charge in [-0.1, -0.05) is 38.1 Å². The minimum Gasteiger partial charge on any atom is -0.494 e. The van der Waals surface area contributed by atoms with Crippen LogP contribution < -0.4 is 10.2 Å². The van der Waals surface area contributed by atoms with E-state index in [0.717, 1.165) is 17.5 Å². The molecule has 1 N–H and O–H groups in total. The quantitative estimate of drug-likeness (QED) is 0.294. The van der Waals surface area contributed by atoms with Crippen LogP contribution in [0.3, 0.4) is 0 Å². The number of aryl methyl sites for hydroxylation is 1. The van der Waals surface area contributed by atoms with E-state index in [1.165, 1.54) is 16.7 Å². The number of carbonyl (C=O) groups is 2. The number of hydrogen-bond donors (Lipinski definition) is 1. The molecule has 3 atom stereocenters. The maximum Gasteiger partial charge on any atom is 0.251 e. The van der Waals surface area contributed by atoms with E-state index in [2.05, 4.69) is 35.7 Å². The van der Waals surface area contributed by atoms with Crippen LogP contribution in [0.25, 0.3) is 0 Å². The van der Waals surface area contributed by atoms with Crippen molar-refractivity contribution in [2.45, 2.75) is 38.5 Å². The summed E-state index contributed by atoms with van der Waals surface area (Å²) in [4.78, 5) is 26.7. The molecule has 3 aliphatic rings. The van der Waals surface area contributed by atoms with Crippen LogP contribution >= 0.6 is 0 Å². The van der Waals surface area contributed by atoms with Gasteiger partial charge in [0.05, 0.1) is 24.0 Å². The molecule has 8 heteroatoms. The smallest absolute Gasteiger partial charge is 0.251 e. The molecule has 159 valence electrons. The van der Waals surface area contributed by atoms with Gasteiger partial charge in [0.25, 0.3) is 5.91 Å². The van der Waals surface area contributed by atoms with E-state index in [1.807, 2.05) is 19.1 Å². The molecular formula is C24H19N2O3UWY-3.